The average Bonchev–Trinajstić information content (AvgIpc) is 3.14. The van der Waals surface area contributed by atoms with Crippen LogP contribution in [0.5, 0.6) is 5.75 Å². The fraction of sp³-hybridized carbons (Fsp3) is 0.0588. The number of benzene rings is 2. The summed E-state index contributed by atoms with van der Waals surface area (Å²) in [5.41, 5.74) is 6.59. The number of rotatable bonds is 3. The summed E-state index contributed by atoms with van der Waals surface area (Å²) in [5, 5.41) is 17.8. The van der Waals surface area contributed by atoms with Gasteiger partial charge >= 0.3 is 0 Å². The largest absolute Gasteiger partial charge is 0.497 e. The van der Waals surface area contributed by atoms with Gasteiger partial charge in [0.25, 0.3) is 0 Å². The van der Waals surface area contributed by atoms with Crippen molar-refractivity contribution in [2.45, 2.75) is 0 Å². The van der Waals surface area contributed by atoms with E-state index in [1.54, 1.807) is 54.1 Å². The van der Waals surface area contributed by atoms with Crippen molar-refractivity contribution in [3.63, 3.8) is 0 Å². The number of nitrogens with one attached hydrogen (secondary N) is 4. The fourth-order valence-electron chi connectivity index (χ4n) is 2.83. The molecule has 1 aliphatic rings. The van der Waals surface area contributed by atoms with E-state index in [0.717, 1.165) is 0 Å². The lowest BCUT2D eigenvalue weighted by atomic mass is 10.2. The zero-order valence-electron chi connectivity index (χ0n) is 14.0. The highest BCUT2D eigenvalue weighted by molar-refractivity contribution is 6.42. The van der Waals surface area contributed by atoms with Gasteiger partial charge in [0.15, 0.2) is 22.6 Å². The molecule has 4 rings (SSSR count). The Labute approximate surface area is 163 Å². The number of ether oxygens (including phenoxy) is 1. The van der Waals surface area contributed by atoms with Crippen molar-refractivity contribution >= 4 is 34.8 Å². The Balaban J connectivity index is 1.98. The summed E-state index contributed by atoms with van der Waals surface area (Å²) in [6.45, 7) is 0. The molecular formula is C17H14Cl2N6O2. The lowest BCUT2D eigenvalue weighted by Gasteiger charge is -2.17. The van der Waals surface area contributed by atoms with E-state index in [9.17, 15) is 0 Å². The minimum atomic E-state index is -0.0669. The Kier molecular flexibility index (Phi) is 4.31. The van der Waals surface area contributed by atoms with Crippen molar-refractivity contribution in [1.82, 2.24) is 9.13 Å². The van der Waals surface area contributed by atoms with E-state index in [4.69, 9.17) is 43.7 Å². The highest BCUT2D eigenvalue weighted by atomic mass is 35.5. The molecule has 1 aliphatic heterocycles. The fourth-order valence-corrected chi connectivity index (χ4v) is 3.12. The number of fused-ring (bicyclic) bond motifs is 1. The summed E-state index contributed by atoms with van der Waals surface area (Å²) >= 11 is 12.1. The first-order chi connectivity index (χ1) is 13.0. The van der Waals surface area contributed by atoms with Gasteiger partial charge in [-0.15, -0.1) is 0 Å². The maximum atomic E-state index is 8.53. The lowest BCUT2D eigenvalue weighted by molar-refractivity contribution is 0.279. The summed E-state index contributed by atoms with van der Waals surface area (Å²) < 4.78 is 8.25. The molecule has 0 radical (unpaired) electrons. The molecule has 0 saturated heterocycles. The van der Waals surface area contributed by atoms with E-state index in [0.29, 0.717) is 38.8 Å². The lowest BCUT2D eigenvalue weighted by Crippen LogP contribution is -2.41. The number of hydrogen-bond donors (Lipinski definition) is 4. The Morgan fingerprint density at radius 1 is 0.852 bits per heavy atom. The molecule has 0 unspecified atom stereocenters. The second-order valence-corrected chi connectivity index (χ2v) is 6.48. The van der Waals surface area contributed by atoms with Crippen LogP contribution >= 0.6 is 23.2 Å². The van der Waals surface area contributed by atoms with E-state index < -0.39 is 0 Å². The van der Waals surface area contributed by atoms with E-state index >= 15 is 0 Å². The normalized spacial score (nSPS) is 12.3. The molecule has 27 heavy (non-hydrogen) atoms. The van der Waals surface area contributed by atoms with Gasteiger partial charge in [0.2, 0.25) is 0 Å². The van der Waals surface area contributed by atoms with Gasteiger partial charge in [-0.05, 0) is 42.5 Å². The van der Waals surface area contributed by atoms with Gasteiger partial charge in [-0.1, -0.05) is 23.2 Å². The molecule has 10 heteroatoms. The Hall–Kier alpha value is -2.94. The molecule has 2 heterocycles. The van der Waals surface area contributed by atoms with Gasteiger partial charge in [0.1, 0.15) is 5.75 Å². The van der Waals surface area contributed by atoms with Crippen LogP contribution in [-0.2, 0) is 4.94 Å². The maximum Gasteiger partial charge on any atom is 0.182 e. The van der Waals surface area contributed by atoms with E-state index in [1.807, 2.05) is 0 Å². The number of anilines is 2. The second kappa shape index (κ2) is 6.66. The van der Waals surface area contributed by atoms with Crippen LogP contribution in [0.1, 0.15) is 0 Å². The molecule has 4 N–H and O–H groups in total. The summed E-state index contributed by atoms with van der Waals surface area (Å²) in [6.07, 6.45) is 0. The van der Waals surface area contributed by atoms with Gasteiger partial charge < -0.3 is 4.74 Å². The van der Waals surface area contributed by atoms with Crippen molar-refractivity contribution in [2.75, 3.05) is 18.1 Å². The molecule has 0 spiro atoms. The minimum absolute atomic E-state index is 0.0511. The summed E-state index contributed by atoms with van der Waals surface area (Å²) in [4.78, 5) is 5.16. The zero-order valence-corrected chi connectivity index (χ0v) is 15.5. The van der Waals surface area contributed by atoms with Crippen molar-refractivity contribution < 1.29 is 9.68 Å². The smallest absolute Gasteiger partial charge is 0.182 e. The van der Waals surface area contributed by atoms with Gasteiger partial charge in [-0.2, -0.15) is 4.94 Å². The second-order valence-electron chi connectivity index (χ2n) is 5.67. The first kappa shape index (κ1) is 17.5. The molecule has 0 amide bonds. The zero-order chi connectivity index (χ0) is 19.1. The number of aromatic nitrogens is 2. The number of halogens is 2. The van der Waals surface area contributed by atoms with Gasteiger partial charge in [0, 0.05) is 5.69 Å². The van der Waals surface area contributed by atoms with Crippen LogP contribution < -0.4 is 26.7 Å². The van der Waals surface area contributed by atoms with Crippen molar-refractivity contribution in [3.05, 3.63) is 63.5 Å². The molecule has 0 aliphatic carbocycles. The van der Waals surface area contributed by atoms with Crippen LogP contribution in [0.25, 0.3) is 11.4 Å². The molecule has 2 aromatic carbocycles. The highest BCUT2D eigenvalue weighted by Crippen LogP contribution is 2.31. The molecule has 0 fully saturated rings. The quantitative estimate of drug-likeness (QED) is 0.538. The van der Waals surface area contributed by atoms with Crippen molar-refractivity contribution in [1.29, 1.82) is 10.8 Å². The van der Waals surface area contributed by atoms with Crippen LogP contribution in [-0.4, -0.2) is 16.2 Å². The number of nitrogens with zero attached hydrogens (tertiary/aromatic N) is 2. The van der Waals surface area contributed by atoms with Crippen LogP contribution in [0.3, 0.4) is 0 Å². The summed E-state index contributed by atoms with van der Waals surface area (Å²) in [5.74, 6) is 1.61. The summed E-state index contributed by atoms with van der Waals surface area (Å²) in [7, 11) is 1.58. The third-order valence-corrected chi connectivity index (χ3v) is 4.87. The van der Waals surface area contributed by atoms with Gasteiger partial charge in [-0.25, -0.2) is 11.0 Å². The SMILES string of the molecule is COc1ccc(-n2c3c(n(-c4ccc(Cl)c(Cl)c4)c(=N)c2=N)NON3)cc1. The van der Waals surface area contributed by atoms with E-state index in [1.165, 1.54) is 4.57 Å². The predicted molar refractivity (Wildman–Crippen MR) is 102 cm³/mol. The van der Waals surface area contributed by atoms with Crippen LogP contribution in [0.4, 0.5) is 11.6 Å². The first-order valence-corrected chi connectivity index (χ1v) is 8.56. The third-order valence-electron chi connectivity index (χ3n) is 4.13. The van der Waals surface area contributed by atoms with E-state index in [-0.39, 0.29) is 11.0 Å². The van der Waals surface area contributed by atoms with Crippen LogP contribution in [0, 0.1) is 10.8 Å². The Morgan fingerprint density at radius 2 is 1.41 bits per heavy atom. The van der Waals surface area contributed by atoms with Crippen molar-refractivity contribution in [3.8, 4) is 17.1 Å². The van der Waals surface area contributed by atoms with E-state index in [2.05, 4.69) is 11.0 Å². The molecule has 3 aromatic rings. The first-order valence-electron chi connectivity index (χ1n) is 7.80. The van der Waals surface area contributed by atoms with Crippen LogP contribution in [0.2, 0.25) is 10.0 Å². The molecule has 0 saturated carbocycles. The Morgan fingerprint density at radius 3 is 1.96 bits per heavy atom. The summed E-state index contributed by atoms with van der Waals surface area (Å²) in [6, 6.07) is 12.1. The number of hydrogen-bond acceptors (Lipinski definition) is 6. The minimum Gasteiger partial charge on any atom is -0.497 e. The van der Waals surface area contributed by atoms with Gasteiger partial charge in [0.05, 0.1) is 22.8 Å². The number of methoxy groups -OCH3 is 1. The molecule has 138 valence electrons. The molecule has 0 atom stereocenters. The maximum absolute atomic E-state index is 8.53. The Bertz CT molecular complexity index is 1150. The van der Waals surface area contributed by atoms with Crippen molar-refractivity contribution in [2.24, 2.45) is 0 Å². The predicted octanol–water partition coefficient (Wildman–Crippen LogP) is 3.23. The van der Waals surface area contributed by atoms with Gasteiger partial charge in [-0.3, -0.25) is 20.0 Å². The molecule has 1 aromatic heterocycles. The standard InChI is InChI=1S/C17H14Cl2N6O2/c1-26-11-5-2-9(3-6-11)24-14(20)15(21)25(17-16(24)22-27-23-17)10-4-7-12(18)13(19)8-10/h2-8,20-23H,1H3. The highest BCUT2D eigenvalue weighted by Gasteiger charge is 2.23. The third kappa shape index (κ3) is 2.84. The molecule has 0 bridgehead atoms. The monoisotopic (exact) mass is 404 g/mol. The topological polar surface area (TPSA) is 100 Å². The van der Waals surface area contributed by atoms with Crippen LogP contribution in [0.15, 0.2) is 42.5 Å². The molecular weight excluding hydrogens is 391 g/mol. The molecule has 8 nitrogen and oxygen atoms in total. The average molecular weight is 405 g/mol.